The summed E-state index contributed by atoms with van der Waals surface area (Å²) in [6.07, 6.45) is 0.533. The normalized spacial score (nSPS) is 15.5. The van der Waals surface area contributed by atoms with Gasteiger partial charge >= 0.3 is 12.1 Å². The number of carboxylic acid groups (broad SMARTS) is 1. The molecule has 11 heteroatoms. The maximum Gasteiger partial charge on any atom is 0.490 e. The van der Waals surface area contributed by atoms with Gasteiger partial charge in [-0.3, -0.25) is 9.48 Å². The molecule has 2 aromatic carbocycles. The first-order valence-electron chi connectivity index (χ1n) is 11.5. The average molecular weight is 504 g/mol. The van der Waals surface area contributed by atoms with Crippen LogP contribution in [0.15, 0.2) is 54.7 Å². The predicted octanol–water partition coefficient (Wildman–Crippen LogP) is 4.53. The number of hydrogen-bond acceptors (Lipinski definition) is 5. The van der Waals surface area contributed by atoms with E-state index in [4.69, 9.17) is 9.90 Å². The second-order valence-corrected chi connectivity index (χ2v) is 8.52. The van der Waals surface area contributed by atoms with Crippen LogP contribution in [0, 0.1) is 12.8 Å². The van der Waals surface area contributed by atoms with Gasteiger partial charge in [0.15, 0.2) is 0 Å². The van der Waals surface area contributed by atoms with Crippen LogP contribution in [0.4, 0.5) is 18.9 Å². The van der Waals surface area contributed by atoms with Gasteiger partial charge in [0.1, 0.15) is 5.69 Å². The molecule has 4 rings (SSSR count). The van der Waals surface area contributed by atoms with Gasteiger partial charge in [0.05, 0.1) is 6.20 Å². The second-order valence-electron chi connectivity index (χ2n) is 8.52. The summed E-state index contributed by atoms with van der Waals surface area (Å²) in [5.41, 5.74) is 4.05. The summed E-state index contributed by atoms with van der Waals surface area (Å²) >= 11 is 0. The molecule has 0 radical (unpaired) electrons. The third kappa shape index (κ3) is 7.91. The lowest BCUT2D eigenvalue weighted by Crippen LogP contribution is -2.30. The molecular formula is C25H28F3N5O3. The molecule has 1 unspecified atom stereocenters. The maximum atomic E-state index is 12.7. The van der Waals surface area contributed by atoms with E-state index in [9.17, 15) is 18.0 Å². The zero-order valence-electron chi connectivity index (χ0n) is 19.8. The highest BCUT2D eigenvalue weighted by Gasteiger charge is 2.38. The number of benzene rings is 2. The van der Waals surface area contributed by atoms with Crippen molar-refractivity contribution < 1.29 is 27.9 Å². The number of nitrogens with zero attached hydrogens (tertiary/aromatic N) is 3. The first-order chi connectivity index (χ1) is 17.1. The van der Waals surface area contributed by atoms with Gasteiger partial charge in [0.2, 0.25) is 0 Å². The Morgan fingerprint density at radius 2 is 1.92 bits per heavy atom. The standard InChI is InChI=1S/C23H27N5O.C2HF3O2/c1-17-9-10-19(14-21(17)23(29)25-20-7-3-2-4-8-20)22-16-28(27-26-22)13-11-18-6-5-12-24-15-18;3-2(4,5)1(6)7/h2-4,7-10,14,16,18,24H,5-6,11-13,15H2,1H3,(H,25,29);(H,6,7). The number of aliphatic carboxylic acids is 1. The summed E-state index contributed by atoms with van der Waals surface area (Å²) in [7, 11) is 0. The van der Waals surface area contributed by atoms with E-state index in [0.717, 1.165) is 48.6 Å². The van der Waals surface area contributed by atoms with Crippen molar-refractivity contribution >= 4 is 17.6 Å². The molecular weight excluding hydrogens is 475 g/mol. The fraction of sp³-hybridized carbons (Fsp3) is 0.360. The SMILES string of the molecule is Cc1ccc(-c2cn(CCC3CCCNC3)nn2)cc1C(=O)Nc1ccccc1.O=C(O)C(F)(F)F. The summed E-state index contributed by atoms with van der Waals surface area (Å²) in [5, 5.41) is 22.2. The highest BCUT2D eigenvalue weighted by molar-refractivity contribution is 6.05. The molecule has 2 heterocycles. The molecule has 0 bridgehead atoms. The van der Waals surface area contributed by atoms with Gasteiger partial charge in [-0.15, -0.1) is 5.10 Å². The summed E-state index contributed by atoms with van der Waals surface area (Å²) in [4.78, 5) is 21.6. The Labute approximate surface area is 206 Å². The second kappa shape index (κ2) is 12.3. The van der Waals surface area contributed by atoms with Crippen LogP contribution in [0.3, 0.4) is 0 Å². The molecule has 3 N–H and O–H groups in total. The van der Waals surface area contributed by atoms with Crippen LogP contribution in [0.1, 0.15) is 35.2 Å². The molecule has 3 aromatic rings. The fourth-order valence-corrected chi connectivity index (χ4v) is 3.77. The Hall–Kier alpha value is -3.73. The van der Waals surface area contributed by atoms with Crippen molar-refractivity contribution in [2.24, 2.45) is 5.92 Å². The van der Waals surface area contributed by atoms with E-state index in [2.05, 4.69) is 20.9 Å². The Balaban J connectivity index is 0.000000454. The summed E-state index contributed by atoms with van der Waals surface area (Å²) in [6, 6.07) is 15.3. The van der Waals surface area contributed by atoms with Crippen LogP contribution < -0.4 is 10.6 Å². The third-order valence-electron chi connectivity index (χ3n) is 5.76. The van der Waals surface area contributed by atoms with Gasteiger partial charge in [-0.25, -0.2) is 4.79 Å². The monoisotopic (exact) mass is 503 g/mol. The van der Waals surface area contributed by atoms with Crippen LogP contribution in [-0.2, 0) is 11.3 Å². The number of para-hydroxylation sites is 1. The lowest BCUT2D eigenvalue weighted by Gasteiger charge is -2.22. The van der Waals surface area contributed by atoms with E-state index in [1.165, 1.54) is 12.8 Å². The number of carbonyl (C=O) groups excluding carboxylic acids is 1. The Kier molecular flexibility index (Phi) is 9.18. The number of amides is 1. The molecule has 1 amide bonds. The van der Waals surface area contributed by atoms with Gasteiger partial charge in [-0.05, 0) is 69.0 Å². The topological polar surface area (TPSA) is 109 Å². The smallest absolute Gasteiger partial charge is 0.475 e. The minimum Gasteiger partial charge on any atom is -0.475 e. The zero-order chi connectivity index (χ0) is 26.1. The van der Waals surface area contributed by atoms with Crippen LogP contribution >= 0.6 is 0 Å². The van der Waals surface area contributed by atoms with Crippen molar-refractivity contribution in [1.29, 1.82) is 0 Å². The highest BCUT2D eigenvalue weighted by Crippen LogP contribution is 2.22. The van der Waals surface area contributed by atoms with Gasteiger partial charge < -0.3 is 15.7 Å². The Morgan fingerprint density at radius 1 is 1.19 bits per heavy atom. The number of aromatic nitrogens is 3. The number of anilines is 1. The van der Waals surface area contributed by atoms with E-state index < -0.39 is 12.1 Å². The number of carbonyl (C=O) groups is 2. The number of alkyl halides is 3. The number of rotatable bonds is 6. The lowest BCUT2D eigenvalue weighted by molar-refractivity contribution is -0.192. The minimum absolute atomic E-state index is 0.118. The summed E-state index contributed by atoms with van der Waals surface area (Å²) < 4.78 is 33.6. The van der Waals surface area contributed by atoms with Crippen molar-refractivity contribution in [3.05, 3.63) is 65.9 Å². The van der Waals surface area contributed by atoms with Gasteiger partial charge in [0.25, 0.3) is 5.91 Å². The van der Waals surface area contributed by atoms with Crippen LogP contribution in [-0.4, -0.2) is 51.2 Å². The van der Waals surface area contributed by atoms with Crippen molar-refractivity contribution in [3.8, 4) is 11.3 Å². The van der Waals surface area contributed by atoms with Crippen molar-refractivity contribution in [2.75, 3.05) is 18.4 Å². The highest BCUT2D eigenvalue weighted by atomic mass is 19.4. The first kappa shape index (κ1) is 26.9. The molecule has 192 valence electrons. The average Bonchev–Trinajstić information content (AvgIpc) is 3.33. The Bertz CT molecular complexity index is 1160. The fourth-order valence-electron chi connectivity index (χ4n) is 3.77. The zero-order valence-corrected chi connectivity index (χ0v) is 19.8. The van der Waals surface area contributed by atoms with E-state index >= 15 is 0 Å². The van der Waals surface area contributed by atoms with Crippen molar-refractivity contribution in [1.82, 2.24) is 20.3 Å². The lowest BCUT2D eigenvalue weighted by atomic mass is 9.96. The molecule has 0 aliphatic carbocycles. The molecule has 1 aliphatic heterocycles. The summed E-state index contributed by atoms with van der Waals surface area (Å²) in [6.45, 7) is 5.04. The van der Waals surface area contributed by atoms with Gasteiger partial charge in [-0.1, -0.05) is 35.5 Å². The van der Waals surface area contributed by atoms with Crippen molar-refractivity contribution in [2.45, 2.75) is 38.9 Å². The number of piperidine rings is 1. The van der Waals surface area contributed by atoms with Gasteiger partial charge in [-0.2, -0.15) is 13.2 Å². The molecule has 8 nitrogen and oxygen atoms in total. The first-order valence-corrected chi connectivity index (χ1v) is 11.5. The number of carboxylic acids is 1. The van der Waals surface area contributed by atoms with E-state index in [1.54, 1.807) is 0 Å². The van der Waals surface area contributed by atoms with Crippen molar-refractivity contribution in [3.63, 3.8) is 0 Å². The summed E-state index contributed by atoms with van der Waals surface area (Å²) in [5.74, 6) is -2.16. The van der Waals surface area contributed by atoms with Crippen LogP contribution in [0.5, 0.6) is 0 Å². The van der Waals surface area contributed by atoms with Crippen LogP contribution in [0.25, 0.3) is 11.3 Å². The Morgan fingerprint density at radius 3 is 2.56 bits per heavy atom. The predicted molar refractivity (Wildman–Crippen MR) is 128 cm³/mol. The van der Waals surface area contributed by atoms with E-state index in [1.807, 2.05) is 66.3 Å². The third-order valence-corrected chi connectivity index (χ3v) is 5.76. The number of aryl methyl sites for hydroxylation is 2. The minimum atomic E-state index is -5.08. The van der Waals surface area contributed by atoms with Crippen LogP contribution in [0.2, 0.25) is 0 Å². The van der Waals surface area contributed by atoms with Gasteiger partial charge in [0, 0.05) is 23.4 Å². The van der Waals surface area contributed by atoms with E-state index in [-0.39, 0.29) is 5.91 Å². The molecule has 36 heavy (non-hydrogen) atoms. The van der Waals surface area contributed by atoms with E-state index in [0.29, 0.717) is 11.5 Å². The number of hydrogen-bond donors (Lipinski definition) is 3. The maximum absolute atomic E-state index is 12.7. The number of nitrogens with one attached hydrogen (secondary N) is 2. The molecule has 1 aromatic heterocycles. The quantitative estimate of drug-likeness (QED) is 0.456. The number of halogens is 3. The molecule has 1 saturated heterocycles. The largest absolute Gasteiger partial charge is 0.490 e. The molecule has 1 aliphatic rings. The molecule has 1 atom stereocenters. The molecule has 1 fully saturated rings. The molecule has 0 saturated carbocycles. The molecule has 0 spiro atoms.